The lowest BCUT2D eigenvalue weighted by atomic mass is 9.92. The van der Waals surface area contributed by atoms with Crippen LogP contribution in [0.4, 0.5) is 4.79 Å². The summed E-state index contributed by atoms with van der Waals surface area (Å²) in [5.74, 6) is 0.115. The molecule has 0 radical (unpaired) electrons. The molecule has 0 aromatic rings. The van der Waals surface area contributed by atoms with E-state index in [4.69, 9.17) is 4.74 Å². The number of ether oxygens (including phenoxy) is 1. The third-order valence-corrected chi connectivity index (χ3v) is 2.88. The standard InChI is InChI=1S/C12H23NO3/c1-8-7-13(9(2)6-10(8)14)11(15)16-12(3,4)5/h8-10,14H,6-7H2,1-5H3/t8-,9+,10-/m0/s1. The first-order chi connectivity index (χ1) is 7.20. The Hall–Kier alpha value is -0.770. The number of aliphatic hydroxyl groups excluding tert-OH is 1. The van der Waals surface area contributed by atoms with E-state index in [1.807, 2.05) is 34.6 Å². The van der Waals surface area contributed by atoms with Gasteiger partial charge in [-0.15, -0.1) is 0 Å². The SMILES string of the molecule is C[C@@H]1C[C@H](O)[C@@H](C)CN1C(=O)OC(C)(C)C. The highest BCUT2D eigenvalue weighted by Gasteiger charge is 2.34. The lowest BCUT2D eigenvalue weighted by molar-refractivity contribution is -0.0226. The van der Waals surface area contributed by atoms with Crippen LogP contribution in [0.1, 0.15) is 41.0 Å². The molecular weight excluding hydrogens is 206 g/mol. The van der Waals surface area contributed by atoms with Gasteiger partial charge >= 0.3 is 6.09 Å². The van der Waals surface area contributed by atoms with Gasteiger partial charge in [-0.25, -0.2) is 4.79 Å². The van der Waals surface area contributed by atoms with E-state index >= 15 is 0 Å². The van der Waals surface area contributed by atoms with Crippen LogP contribution in [-0.2, 0) is 4.74 Å². The molecule has 94 valence electrons. The summed E-state index contributed by atoms with van der Waals surface area (Å²) in [4.78, 5) is 13.6. The topological polar surface area (TPSA) is 49.8 Å². The molecule has 1 rings (SSSR count). The van der Waals surface area contributed by atoms with Gasteiger partial charge in [-0.2, -0.15) is 0 Å². The van der Waals surface area contributed by atoms with Gasteiger partial charge in [0.25, 0.3) is 0 Å². The van der Waals surface area contributed by atoms with Crippen molar-refractivity contribution in [1.82, 2.24) is 4.90 Å². The minimum Gasteiger partial charge on any atom is -0.444 e. The fourth-order valence-electron chi connectivity index (χ4n) is 1.90. The number of likely N-dealkylation sites (tertiary alicyclic amines) is 1. The maximum atomic E-state index is 11.9. The Balaban J connectivity index is 2.62. The number of carbonyl (C=O) groups excluding carboxylic acids is 1. The number of nitrogens with zero attached hydrogens (tertiary/aromatic N) is 1. The molecule has 1 amide bonds. The van der Waals surface area contributed by atoms with Crippen molar-refractivity contribution >= 4 is 6.09 Å². The molecule has 3 atom stereocenters. The first-order valence-electron chi connectivity index (χ1n) is 5.88. The van der Waals surface area contributed by atoms with Crippen LogP contribution in [0.25, 0.3) is 0 Å². The van der Waals surface area contributed by atoms with E-state index in [1.165, 1.54) is 0 Å². The van der Waals surface area contributed by atoms with Gasteiger partial charge in [0.1, 0.15) is 5.60 Å². The van der Waals surface area contributed by atoms with Gasteiger partial charge in [0, 0.05) is 12.6 Å². The predicted octanol–water partition coefficient (Wildman–Crippen LogP) is 2.01. The van der Waals surface area contributed by atoms with Crippen LogP contribution in [0, 0.1) is 5.92 Å². The highest BCUT2D eigenvalue weighted by Crippen LogP contribution is 2.23. The molecule has 16 heavy (non-hydrogen) atoms. The van der Waals surface area contributed by atoms with Gasteiger partial charge in [0.2, 0.25) is 0 Å². The molecule has 0 saturated carbocycles. The van der Waals surface area contributed by atoms with Crippen LogP contribution in [-0.4, -0.2) is 40.4 Å². The largest absolute Gasteiger partial charge is 0.444 e. The predicted molar refractivity (Wildman–Crippen MR) is 62.2 cm³/mol. The lowest BCUT2D eigenvalue weighted by Gasteiger charge is -2.40. The second kappa shape index (κ2) is 4.62. The maximum absolute atomic E-state index is 11.9. The minimum absolute atomic E-state index is 0.0426. The van der Waals surface area contributed by atoms with Crippen molar-refractivity contribution in [2.24, 2.45) is 5.92 Å². The molecule has 0 aromatic carbocycles. The fraction of sp³-hybridized carbons (Fsp3) is 0.917. The van der Waals surface area contributed by atoms with Gasteiger partial charge in [-0.05, 0) is 40.0 Å². The summed E-state index contributed by atoms with van der Waals surface area (Å²) in [5, 5.41) is 9.70. The molecule has 4 nitrogen and oxygen atoms in total. The summed E-state index contributed by atoms with van der Waals surface area (Å²) in [5.41, 5.74) is -0.462. The van der Waals surface area contributed by atoms with Crippen LogP contribution in [0.2, 0.25) is 0 Å². The third kappa shape index (κ3) is 3.37. The number of hydrogen-bond acceptors (Lipinski definition) is 3. The van der Waals surface area contributed by atoms with Gasteiger partial charge in [-0.1, -0.05) is 6.92 Å². The summed E-state index contributed by atoms with van der Waals surface area (Å²) in [7, 11) is 0. The van der Waals surface area contributed by atoms with Crippen LogP contribution in [0.15, 0.2) is 0 Å². The van der Waals surface area contributed by atoms with Crippen LogP contribution >= 0.6 is 0 Å². The molecule has 0 spiro atoms. The monoisotopic (exact) mass is 229 g/mol. The van der Waals surface area contributed by atoms with E-state index in [0.717, 1.165) is 0 Å². The van der Waals surface area contributed by atoms with Crippen molar-refractivity contribution in [2.75, 3.05) is 6.54 Å². The van der Waals surface area contributed by atoms with Crippen molar-refractivity contribution in [3.05, 3.63) is 0 Å². The molecule has 0 aromatic heterocycles. The smallest absolute Gasteiger partial charge is 0.410 e. The Morgan fingerprint density at radius 1 is 1.38 bits per heavy atom. The molecule has 0 unspecified atom stereocenters. The molecule has 1 aliphatic rings. The van der Waals surface area contributed by atoms with Crippen molar-refractivity contribution in [3.8, 4) is 0 Å². The lowest BCUT2D eigenvalue weighted by Crippen LogP contribution is -2.51. The van der Waals surface area contributed by atoms with Crippen molar-refractivity contribution in [3.63, 3.8) is 0 Å². The average Bonchev–Trinajstić information content (AvgIpc) is 2.08. The van der Waals surface area contributed by atoms with Crippen LogP contribution in [0.5, 0.6) is 0 Å². The first kappa shape index (κ1) is 13.3. The molecule has 4 heteroatoms. The van der Waals surface area contributed by atoms with Crippen molar-refractivity contribution in [1.29, 1.82) is 0 Å². The zero-order valence-electron chi connectivity index (χ0n) is 10.9. The minimum atomic E-state index is -0.462. The molecular formula is C12H23NO3. The van der Waals surface area contributed by atoms with E-state index in [1.54, 1.807) is 4.90 Å². The summed E-state index contributed by atoms with van der Waals surface area (Å²) < 4.78 is 5.34. The maximum Gasteiger partial charge on any atom is 0.410 e. The summed E-state index contributed by atoms with van der Waals surface area (Å²) in [6.45, 7) is 10.0. The molecule has 1 heterocycles. The number of piperidine rings is 1. The summed E-state index contributed by atoms with van der Waals surface area (Å²) >= 11 is 0. The zero-order valence-corrected chi connectivity index (χ0v) is 10.9. The Kier molecular flexibility index (Phi) is 3.84. The van der Waals surface area contributed by atoms with Crippen LogP contribution in [0.3, 0.4) is 0 Å². The van der Waals surface area contributed by atoms with Crippen LogP contribution < -0.4 is 0 Å². The number of carbonyl (C=O) groups is 1. The number of hydrogen-bond donors (Lipinski definition) is 1. The van der Waals surface area contributed by atoms with E-state index in [0.29, 0.717) is 13.0 Å². The van der Waals surface area contributed by atoms with E-state index < -0.39 is 5.60 Å². The van der Waals surface area contributed by atoms with E-state index in [-0.39, 0.29) is 24.2 Å². The quantitative estimate of drug-likeness (QED) is 0.691. The molecule has 1 saturated heterocycles. The highest BCUT2D eigenvalue weighted by atomic mass is 16.6. The number of aliphatic hydroxyl groups is 1. The Bertz CT molecular complexity index is 259. The van der Waals surface area contributed by atoms with Crippen molar-refractivity contribution < 1.29 is 14.6 Å². The average molecular weight is 229 g/mol. The Labute approximate surface area is 97.6 Å². The number of amides is 1. The third-order valence-electron chi connectivity index (χ3n) is 2.88. The van der Waals surface area contributed by atoms with Gasteiger partial charge in [0.15, 0.2) is 0 Å². The Morgan fingerprint density at radius 3 is 2.44 bits per heavy atom. The summed E-state index contributed by atoms with van der Waals surface area (Å²) in [6, 6.07) is 0.0426. The van der Waals surface area contributed by atoms with Crippen molar-refractivity contribution in [2.45, 2.75) is 58.8 Å². The first-order valence-corrected chi connectivity index (χ1v) is 5.88. The zero-order chi connectivity index (χ0) is 12.5. The van der Waals surface area contributed by atoms with Gasteiger partial charge < -0.3 is 14.7 Å². The molecule has 0 bridgehead atoms. The summed E-state index contributed by atoms with van der Waals surface area (Å²) in [6.07, 6.45) is 0.0351. The normalized spacial score (nSPS) is 31.4. The highest BCUT2D eigenvalue weighted by molar-refractivity contribution is 5.68. The second-order valence-electron chi connectivity index (χ2n) is 5.76. The van der Waals surface area contributed by atoms with E-state index in [9.17, 15) is 9.90 Å². The molecule has 1 aliphatic heterocycles. The van der Waals surface area contributed by atoms with E-state index in [2.05, 4.69) is 0 Å². The second-order valence-corrected chi connectivity index (χ2v) is 5.76. The Morgan fingerprint density at radius 2 is 1.94 bits per heavy atom. The number of rotatable bonds is 0. The fourth-order valence-corrected chi connectivity index (χ4v) is 1.90. The van der Waals surface area contributed by atoms with Gasteiger partial charge in [-0.3, -0.25) is 0 Å². The molecule has 1 fully saturated rings. The molecule has 0 aliphatic carbocycles. The van der Waals surface area contributed by atoms with Gasteiger partial charge in [0.05, 0.1) is 6.10 Å². The molecule has 1 N–H and O–H groups in total.